The van der Waals surface area contributed by atoms with E-state index in [1.807, 2.05) is 13.0 Å². The van der Waals surface area contributed by atoms with E-state index in [4.69, 9.17) is 5.73 Å². The van der Waals surface area contributed by atoms with Gasteiger partial charge in [-0.25, -0.2) is 4.39 Å². The van der Waals surface area contributed by atoms with Crippen molar-refractivity contribution < 1.29 is 4.39 Å². The Kier molecular flexibility index (Phi) is 4.56. The van der Waals surface area contributed by atoms with Crippen LogP contribution in [0.3, 0.4) is 0 Å². The molecular weight excluding hydrogens is 227 g/mol. The quantitative estimate of drug-likeness (QED) is 0.866. The van der Waals surface area contributed by atoms with E-state index in [9.17, 15) is 4.39 Å². The molecule has 2 rings (SSSR count). The lowest BCUT2D eigenvalue weighted by Crippen LogP contribution is -2.39. The fourth-order valence-corrected chi connectivity index (χ4v) is 2.22. The number of rotatable bonds is 2. The van der Waals surface area contributed by atoms with Gasteiger partial charge >= 0.3 is 0 Å². The van der Waals surface area contributed by atoms with Crippen LogP contribution in [0, 0.1) is 5.82 Å². The van der Waals surface area contributed by atoms with E-state index in [0.717, 1.165) is 37.2 Å². The van der Waals surface area contributed by atoms with Gasteiger partial charge in [-0.1, -0.05) is 12.1 Å². The van der Waals surface area contributed by atoms with Crippen LogP contribution in [0.4, 0.5) is 10.1 Å². The van der Waals surface area contributed by atoms with Crippen molar-refractivity contribution in [3.8, 4) is 0 Å². The molecule has 1 aromatic carbocycles. The van der Waals surface area contributed by atoms with E-state index in [1.54, 1.807) is 6.07 Å². The number of anilines is 1. The summed E-state index contributed by atoms with van der Waals surface area (Å²) >= 11 is 0. The van der Waals surface area contributed by atoms with E-state index in [2.05, 4.69) is 4.90 Å². The van der Waals surface area contributed by atoms with E-state index in [-0.39, 0.29) is 24.3 Å². The molecular formula is C12H18ClFN2. The number of hydrogen-bond acceptors (Lipinski definition) is 2. The second kappa shape index (κ2) is 5.51. The molecule has 1 atom stereocenters. The smallest absolute Gasteiger partial charge is 0.146 e. The number of halogens is 2. The highest BCUT2D eigenvalue weighted by Crippen LogP contribution is 2.29. The topological polar surface area (TPSA) is 29.3 Å². The zero-order valence-corrected chi connectivity index (χ0v) is 10.3. The molecule has 1 unspecified atom stereocenters. The lowest BCUT2D eigenvalue weighted by molar-refractivity contribution is 0.580. The Bertz CT molecular complexity index is 355. The summed E-state index contributed by atoms with van der Waals surface area (Å²) in [5.41, 5.74) is 7.64. The third kappa shape index (κ3) is 2.66. The Morgan fingerprint density at radius 3 is 2.94 bits per heavy atom. The zero-order chi connectivity index (χ0) is 10.8. The molecule has 0 aliphatic carbocycles. The van der Waals surface area contributed by atoms with Crippen molar-refractivity contribution in [2.24, 2.45) is 5.73 Å². The highest BCUT2D eigenvalue weighted by atomic mass is 35.5. The van der Waals surface area contributed by atoms with Gasteiger partial charge < -0.3 is 10.6 Å². The minimum atomic E-state index is -0.118. The number of para-hydroxylation sites is 1. The molecule has 16 heavy (non-hydrogen) atoms. The van der Waals surface area contributed by atoms with Crippen LogP contribution in [-0.4, -0.2) is 19.1 Å². The average Bonchev–Trinajstić information content (AvgIpc) is 2.17. The molecule has 4 heteroatoms. The maximum Gasteiger partial charge on any atom is 0.146 e. The predicted molar refractivity (Wildman–Crippen MR) is 67.8 cm³/mol. The third-order valence-corrected chi connectivity index (χ3v) is 2.77. The van der Waals surface area contributed by atoms with Crippen molar-refractivity contribution in [2.75, 3.05) is 18.0 Å². The lowest BCUT2D eigenvalue weighted by atomic mass is 10.0. The molecule has 0 fully saturated rings. The molecule has 0 aromatic heterocycles. The molecule has 1 aliphatic heterocycles. The molecule has 0 bridgehead atoms. The van der Waals surface area contributed by atoms with E-state index in [0.29, 0.717) is 0 Å². The molecule has 2 nitrogen and oxygen atoms in total. The van der Waals surface area contributed by atoms with E-state index < -0.39 is 0 Å². The van der Waals surface area contributed by atoms with Crippen molar-refractivity contribution in [3.05, 3.63) is 29.6 Å². The zero-order valence-electron chi connectivity index (χ0n) is 9.45. The summed E-state index contributed by atoms with van der Waals surface area (Å²) in [4.78, 5) is 2.07. The Morgan fingerprint density at radius 2 is 2.25 bits per heavy atom. The van der Waals surface area contributed by atoms with Gasteiger partial charge in [0.25, 0.3) is 0 Å². The standard InChI is InChI=1S/C12H17FN2.ClH/c1-9(14)8-15-7-3-5-10-4-2-6-11(13)12(10)15;/h2,4,6,9H,3,5,7-8,14H2,1H3;1H. The molecule has 0 saturated heterocycles. The van der Waals surface area contributed by atoms with Gasteiger partial charge in [-0.2, -0.15) is 0 Å². The second-order valence-electron chi connectivity index (χ2n) is 4.27. The maximum atomic E-state index is 13.7. The molecule has 1 aromatic rings. The number of nitrogens with zero attached hydrogens (tertiary/aromatic N) is 1. The first-order chi connectivity index (χ1) is 7.18. The van der Waals surface area contributed by atoms with Crippen molar-refractivity contribution in [1.29, 1.82) is 0 Å². The van der Waals surface area contributed by atoms with Gasteiger partial charge in [0.2, 0.25) is 0 Å². The van der Waals surface area contributed by atoms with Gasteiger partial charge in [0.15, 0.2) is 0 Å². The van der Waals surface area contributed by atoms with Gasteiger partial charge in [0.1, 0.15) is 5.82 Å². The monoisotopic (exact) mass is 244 g/mol. The van der Waals surface area contributed by atoms with Crippen LogP contribution < -0.4 is 10.6 Å². The first-order valence-corrected chi connectivity index (χ1v) is 5.46. The maximum absolute atomic E-state index is 13.7. The fourth-order valence-electron chi connectivity index (χ4n) is 2.22. The molecule has 2 N–H and O–H groups in total. The number of benzene rings is 1. The molecule has 1 heterocycles. The van der Waals surface area contributed by atoms with Crippen molar-refractivity contribution in [3.63, 3.8) is 0 Å². The average molecular weight is 245 g/mol. The number of hydrogen-bond donors (Lipinski definition) is 1. The van der Waals surface area contributed by atoms with Crippen LogP contribution in [0.2, 0.25) is 0 Å². The van der Waals surface area contributed by atoms with Crippen LogP contribution in [0.25, 0.3) is 0 Å². The SMILES string of the molecule is CC(N)CN1CCCc2cccc(F)c21.Cl. The van der Waals surface area contributed by atoms with E-state index in [1.165, 1.54) is 6.07 Å². The molecule has 0 radical (unpaired) electrons. The van der Waals surface area contributed by atoms with Gasteiger partial charge in [0.05, 0.1) is 5.69 Å². The second-order valence-corrected chi connectivity index (χ2v) is 4.27. The van der Waals surface area contributed by atoms with Crippen LogP contribution in [-0.2, 0) is 6.42 Å². The minimum Gasteiger partial charge on any atom is -0.367 e. The predicted octanol–water partition coefficient (Wildman–Crippen LogP) is 2.35. The highest BCUT2D eigenvalue weighted by Gasteiger charge is 2.20. The third-order valence-electron chi connectivity index (χ3n) is 2.77. The molecule has 0 amide bonds. The Hall–Kier alpha value is -0.800. The van der Waals surface area contributed by atoms with Crippen molar-refractivity contribution in [2.45, 2.75) is 25.8 Å². The van der Waals surface area contributed by atoms with Crippen molar-refractivity contribution in [1.82, 2.24) is 0 Å². The Morgan fingerprint density at radius 1 is 1.50 bits per heavy atom. The van der Waals surface area contributed by atoms with Crippen LogP contribution >= 0.6 is 12.4 Å². The number of fused-ring (bicyclic) bond motifs is 1. The number of aryl methyl sites for hydroxylation is 1. The first-order valence-electron chi connectivity index (χ1n) is 5.46. The van der Waals surface area contributed by atoms with Gasteiger partial charge in [0, 0.05) is 19.1 Å². The van der Waals surface area contributed by atoms with Gasteiger partial charge in [-0.05, 0) is 31.4 Å². The Balaban J connectivity index is 0.00000128. The molecule has 0 saturated carbocycles. The molecule has 0 spiro atoms. The Labute approximate surface area is 102 Å². The summed E-state index contributed by atoms with van der Waals surface area (Å²) in [6, 6.07) is 5.39. The normalized spacial score (nSPS) is 16.3. The fraction of sp³-hybridized carbons (Fsp3) is 0.500. The molecule has 90 valence electrons. The lowest BCUT2D eigenvalue weighted by Gasteiger charge is -2.32. The van der Waals surface area contributed by atoms with Gasteiger partial charge in [-0.3, -0.25) is 0 Å². The number of nitrogens with two attached hydrogens (primary N) is 1. The van der Waals surface area contributed by atoms with Crippen LogP contribution in [0.5, 0.6) is 0 Å². The summed E-state index contributed by atoms with van der Waals surface area (Å²) in [6.07, 6.45) is 2.06. The van der Waals surface area contributed by atoms with Crippen LogP contribution in [0.1, 0.15) is 18.9 Å². The summed E-state index contributed by atoms with van der Waals surface area (Å²) in [7, 11) is 0. The summed E-state index contributed by atoms with van der Waals surface area (Å²) in [6.45, 7) is 3.60. The highest BCUT2D eigenvalue weighted by molar-refractivity contribution is 5.85. The van der Waals surface area contributed by atoms with Crippen LogP contribution in [0.15, 0.2) is 18.2 Å². The van der Waals surface area contributed by atoms with E-state index >= 15 is 0 Å². The largest absolute Gasteiger partial charge is 0.367 e. The summed E-state index contributed by atoms with van der Waals surface area (Å²) in [5.74, 6) is -0.118. The summed E-state index contributed by atoms with van der Waals surface area (Å²) in [5, 5.41) is 0. The summed E-state index contributed by atoms with van der Waals surface area (Å²) < 4.78 is 13.7. The minimum absolute atomic E-state index is 0. The van der Waals surface area contributed by atoms with Gasteiger partial charge in [-0.15, -0.1) is 12.4 Å². The first kappa shape index (κ1) is 13.3. The molecule has 1 aliphatic rings. The van der Waals surface area contributed by atoms with Crippen molar-refractivity contribution >= 4 is 18.1 Å².